The fraction of sp³-hybridized carbons (Fsp3) is 0.286. The highest BCUT2D eigenvalue weighted by molar-refractivity contribution is 6.40. The fourth-order valence-corrected chi connectivity index (χ4v) is 9.71. The van der Waals surface area contributed by atoms with Crippen molar-refractivity contribution in [3.05, 3.63) is 121 Å². The highest BCUT2D eigenvalue weighted by Crippen LogP contribution is 2.57. The number of aliphatic hydroxyl groups excluding tert-OH is 2. The molecule has 1 aliphatic rings. The lowest BCUT2D eigenvalue weighted by Crippen LogP contribution is -2.39. The van der Waals surface area contributed by atoms with Gasteiger partial charge >= 0.3 is 5.97 Å². The number of Topliss-reactive ketones (excluding diaryl/α,β-unsaturated/α-hetero) is 1. The summed E-state index contributed by atoms with van der Waals surface area (Å²) in [5.74, 6) is -2.71. The zero-order valence-corrected chi connectivity index (χ0v) is 35.6. The average Bonchev–Trinajstić information content (AvgIpc) is 3.41. The largest absolute Gasteiger partial charge is 0.504 e. The molecule has 0 bridgehead atoms. The summed E-state index contributed by atoms with van der Waals surface area (Å²) in [6.45, 7) is 4.04. The molecule has 5 aromatic carbocycles. The smallest absolute Gasteiger partial charge is 0.303 e. The van der Waals surface area contributed by atoms with E-state index in [1.165, 1.54) is 26.2 Å². The first-order valence-electron chi connectivity index (χ1n) is 21.0. The molecule has 0 spiro atoms. The molecule has 8 rings (SSSR count). The minimum absolute atomic E-state index is 0.0200. The Kier molecular flexibility index (Phi) is 12.1. The second kappa shape index (κ2) is 17.9. The molecule has 328 valence electrons. The van der Waals surface area contributed by atoms with Crippen molar-refractivity contribution in [3.8, 4) is 11.5 Å². The number of carboxylic acid groups (broad SMARTS) is 1. The number of hydrogen-bond acceptors (Lipinski definition) is 12. The number of anilines is 2. The number of aromatic nitrogens is 2. The van der Waals surface area contributed by atoms with Gasteiger partial charge in [0.15, 0.2) is 41.3 Å². The maximum Gasteiger partial charge on any atom is 0.303 e. The number of ketones is 1. The molecule has 0 saturated carbocycles. The number of pyridine rings is 2. The van der Waals surface area contributed by atoms with E-state index < -0.39 is 41.7 Å². The van der Waals surface area contributed by atoms with Crippen LogP contribution >= 0.6 is 0 Å². The number of carboxylic acids is 1. The van der Waals surface area contributed by atoms with E-state index in [0.29, 0.717) is 87.4 Å². The van der Waals surface area contributed by atoms with E-state index in [-0.39, 0.29) is 64.9 Å². The van der Waals surface area contributed by atoms with Crippen molar-refractivity contribution < 1.29 is 53.4 Å². The van der Waals surface area contributed by atoms with Gasteiger partial charge in [-0.25, -0.2) is 9.13 Å². The normalized spacial score (nSPS) is 13.5. The van der Waals surface area contributed by atoms with Crippen molar-refractivity contribution in [2.45, 2.75) is 78.4 Å². The number of phenols is 1. The third kappa shape index (κ3) is 7.35. The van der Waals surface area contributed by atoms with Gasteiger partial charge in [-0.05, 0) is 53.3 Å². The van der Waals surface area contributed by atoms with Crippen LogP contribution in [0.1, 0.15) is 72.7 Å². The lowest BCUT2D eigenvalue weighted by molar-refractivity contribution is -0.704. The Morgan fingerprint density at radius 3 is 1.92 bits per heavy atom. The molecule has 1 atom stereocenters. The monoisotopic (exact) mass is 868 g/mol. The van der Waals surface area contributed by atoms with Gasteiger partial charge in [0, 0.05) is 64.4 Å². The number of phenolic OH excluding ortho intramolecular Hbond substituents is 1. The summed E-state index contributed by atoms with van der Waals surface area (Å²) in [5, 5.41) is 53.0. The Morgan fingerprint density at radius 1 is 0.781 bits per heavy atom. The Bertz CT molecular complexity index is 3170. The highest BCUT2D eigenvalue weighted by atomic mass is 16.5. The van der Waals surface area contributed by atoms with Crippen LogP contribution in [-0.2, 0) is 58.5 Å². The van der Waals surface area contributed by atoms with Crippen molar-refractivity contribution in [2.75, 3.05) is 24.4 Å². The van der Waals surface area contributed by atoms with E-state index in [9.17, 15) is 44.4 Å². The second-order valence-corrected chi connectivity index (χ2v) is 16.1. The molecule has 0 radical (unpaired) electrons. The average molecular weight is 869 g/mol. The van der Waals surface area contributed by atoms with Crippen molar-refractivity contribution in [2.24, 2.45) is 0 Å². The molecule has 6 N–H and O–H groups in total. The number of carbonyl (C=O) groups is 3. The molecule has 7 aromatic rings. The van der Waals surface area contributed by atoms with Crippen LogP contribution in [0.25, 0.3) is 49.2 Å². The van der Waals surface area contributed by atoms with Gasteiger partial charge < -0.3 is 40.5 Å². The first kappa shape index (κ1) is 43.4. The topological polar surface area (TPSA) is 217 Å². The SMILES string of the molecule is COc1c(O)c2c(=O)cc(CO)c3c4c(CO)cc(=O)c5c(NCc6cccc[n+]6CCCOC=O)c(NCc6cccc[n+]6CCCC(=O)O)c6c(c(c1C(C(C)=O)C(C)=C6)c23)c54. The number of ether oxygens (including phenoxy) is 2. The number of aliphatic hydroxyl groups is 2. The molecular formula is C49H48N4O11+2. The number of nitrogens with one attached hydrogen (secondary N) is 2. The summed E-state index contributed by atoms with van der Waals surface area (Å²) in [4.78, 5) is 65.3. The van der Waals surface area contributed by atoms with Crippen LogP contribution in [0.5, 0.6) is 11.5 Å². The van der Waals surface area contributed by atoms with Gasteiger partial charge in [-0.3, -0.25) is 24.0 Å². The van der Waals surface area contributed by atoms with Crippen molar-refractivity contribution in [1.82, 2.24) is 0 Å². The van der Waals surface area contributed by atoms with Crippen LogP contribution in [-0.4, -0.2) is 52.4 Å². The molecule has 15 heteroatoms. The number of aromatic hydroxyl groups is 1. The fourth-order valence-electron chi connectivity index (χ4n) is 9.71. The van der Waals surface area contributed by atoms with Gasteiger partial charge in [0.25, 0.3) is 6.47 Å². The van der Waals surface area contributed by atoms with Gasteiger partial charge in [-0.2, -0.15) is 0 Å². The molecular weight excluding hydrogens is 821 g/mol. The lowest BCUT2D eigenvalue weighted by atomic mass is 9.79. The Labute approximate surface area is 366 Å². The van der Waals surface area contributed by atoms with E-state index in [1.807, 2.05) is 64.0 Å². The molecule has 0 amide bonds. The maximum atomic E-state index is 14.9. The maximum absolute atomic E-state index is 14.9. The van der Waals surface area contributed by atoms with Crippen LogP contribution in [0.4, 0.5) is 11.4 Å². The summed E-state index contributed by atoms with van der Waals surface area (Å²) in [6, 6.07) is 14.0. The number of nitrogens with zero attached hydrogens (tertiary/aromatic N) is 2. The van der Waals surface area contributed by atoms with E-state index in [1.54, 1.807) is 6.92 Å². The lowest BCUT2D eigenvalue weighted by Gasteiger charge is -2.26. The van der Waals surface area contributed by atoms with Crippen LogP contribution in [0, 0.1) is 0 Å². The van der Waals surface area contributed by atoms with Crippen LogP contribution in [0.3, 0.4) is 0 Å². The summed E-state index contributed by atoms with van der Waals surface area (Å²) < 4.78 is 14.8. The molecule has 0 fully saturated rings. The number of aliphatic carboxylic acids is 1. The van der Waals surface area contributed by atoms with Crippen LogP contribution < -0.4 is 35.4 Å². The summed E-state index contributed by atoms with van der Waals surface area (Å²) >= 11 is 0. The van der Waals surface area contributed by atoms with Crippen molar-refractivity contribution in [1.29, 1.82) is 0 Å². The van der Waals surface area contributed by atoms with Gasteiger partial charge in [0.2, 0.25) is 11.4 Å². The van der Waals surface area contributed by atoms with Crippen molar-refractivity contribution in [3.63, 3.8) is 0 Å². The third-order valence-electron chi connectivity index (χ3n) is 12.3. The number of fused-ring (bicyclic) bond motifs is 1. The number of hydrogen-bond donors (Lipinski definition) is 6. The molecule has 0 saturated heterocycles. The van der Waals surface area contributed by atoms with Gasteiger partial charge in [-0.15, -0.1) is 0 Å². The summed E-state index contributed by atoms with van der Waals surface area (Å²) in [7, 11) is 1.35. The predicted octanol–water partition coefficient (Wildman–Crippen LogP) is 4.91. The van der Waals surface area contributed by atoms with Gasteiger partial charge in [-0.1, -0.05) is 23.8 Å². The Hall–Kier alpha value is -7.23. The molecule has 2 heterocycles. The van der Waals surface area contributed by atoms with Crippen LogP contribution in [0.2, 0.25) is 0 Å². The van der Waals surface area contributed by atoms with Crippen molar-refractivity contribution >= 4 is 78.8 Å². The number of rotatable bonds is 19. The van der Waals surface area contributed by atoms with E-state index in [0.717, 1.165) is 11.4 Å². The van der Waals surface area contributed by atoms with E-state index in [4.69, 9.17) is 9.47 Å². The van der Waals surface area contributed by atoms with Gasteiger partial charge in [0.1, 0.15) is 25.4 Å². The van der Waals surface area contributed by atoms with E-state index >= 15 is 0 Å². The third-order valence-corrected chi connectivity index (χ3v) is 12.3. The Balaban J connectivity index is 1.52. The summed E-state index contributed by atoms with van der Waals surface area (Å²) in [6.07, 6.45) is 6.56. The zero-order chi connectivity index (χ0) is 45.4. The molecule has 15 nitrogen and oxygen atoms in total. The van der Waals surface area contributed by atoms with E-state index in [2.05, 4.69) is 10.6 Å². The van der Waals surface area contributed by atoms with Crippen LogP contribution in [0.15, 0.2) is 76.1 Å². The quantitative estimate of drug-likeness (QED) is 0.0210. The molecule has 0 aliphatic heterocycles. The second-order valence-electron chi connectivity index (χ2n) is 16.1. The molecule has 2 aromatic heterocycles. The Morgan fingerprint density at radius 2 is 1.36 bits per heavy atom. The minimum atomic E-state index is -0.987. The number of allylic oxidation sites excluding steroid dienone is 1. The standard InChI is InChI=1S/C49H46N4O11/c1-26-18-32-39-42-37(38-29(24-55)20-34(59)41-43(38)44(39)45(36(26)27(2)57)49(63-3)48(41)62)28(23-54)19-33(58)40(42)47(51-22-31-11-5-7-14-53(31)16-9-17-64-25-56)46(32)50-21-30-10-4-6-13-52(30)15-8-12-35(60)61/h4-7,10-11,13-14,18-20,25,36,54-55H,8-9,12,15-17,21-24H2,1-3H3,(H2-2,50,51,58,59,60,61,62)/p+2. The first-order chi connectivity index (χ1) is 30.9. The predicted molar refractivity (Wildman–Crippen MR) is 240 cm³/mol. The number of benzene rings is 5. The highest BCUT2D eigenvalue weighted by Gasteiger charge is 2.37. The number of methoxy groups -OCH3 is 1. The minimum Gasteiger partial charge on any atom is -0.504 e. The molecule has 1 aliphatic carbocycles. The number of aryl methyl sites for hydroxylation is 2. The van der Waals surface area contributed by atoms with Gasteiger partial charge in [0.05, 0.1) is 61.4 Å². The zero-order valence-electron chi connectivity index (χ0n) is 35.6. The first-order valence-corrected chi connectivity index (χ1v) is 21.0. The number of carbonyl (C=O) groups excluding carboxylic acids is 2. The summed E-state index contributed by atoms with van der Waals surface area (Å²) in [5.41, 5.74) is 3.36. The molecule has 64 heavy (non-hydrogen) atoms. The molecule has 1 unspecified atom stereocenters.